The standard InChI is InChI=1S/C14H21N3O2/c1-2-17(10-6-7-10)9-8-16-13-11(14(18)19)4-3-5-12(13)15/h3-5,10,16H,2,6-9,15H2,1H3,(H,18,19). The molecule has 0 radical (unpaired) electrons. The predicted octanol–water partition coefficient (Wildman–Crippen LogP) is 1.86. The van der Waals surface area contributed by atoms with E-state index in [1.54, 1.807) is 18.2 Å². The molecule has 1 aromatic carbocycles. The lowest BCUT2D eigenvalue weighted by Gasteiger charge is -2.21. The molecule has 1 aromatic rings. The first-order chi connectivity index (χ1) is 9.13. The summed E-state index contributed by atoms with van der Waals surface area (Å²) in [6.07, 6.45) is 2.56. The molecule has 1 saturated carbocycles. The summed E-state index contributed by atoms with van der Waals surface area (Å²) in [5.74, 6) is -0.954. The van der Waals surface area contributed by atoms with Crippen molar-refractivity contribution in [1.82, 2.24) is 4.90 Å². The zero-order chi connectivity index (χ0) is 13.8. The van der Waals surface area contributed by atoms with Gasteiger partial charge in [-0.1, -0.05) is 13.0 Å². The van der Waals surface area contributed by atoms with E-state index in [2.05, 4.69) is 17.1 Å². The molecule has 5 nitrogen and oxygen atoms in total. The molecule has 0 unspecified atom stereocenters. The monoisotopic (exact) mass is 263 g/mol. The number of rotatable bonds is 7. The highest BCUT2D eigenvalue weighted by Crippen LogP contribution is 2.27. The van der Waals surface area contributed by atoms with Crippen molar-refractivity contribution in [1.29, 1.82) is 0 Å². The average molecular weight is 263 g/mol. The van der Waals surface area contributed by atoms with Gasteiger partial charge in [0, 0.05) is 19.1 Å². The van der Waals surface area contributed by atoms with Crippen LogP contribution in [0.4, 0.5) is 11.4 Å². The second-order valence-corrected chi connectivity index (χ2v) is 4.86. The SMILES string of the molecule is CCN(CCNc1c(N)cccc1C(=O)O)C1CC1. The maximum atomic E-state index is 11.1. The molecule has 5 heteroatoms. The molecule has 1 aliphatic rings. The van der Waals surface area contributed by atoms with E-state index in [4.69, 9.17) is 10.8 Å². The van der Waals surface area contributed by atoms with Gasteiger partial charge in [-0.3, -0.25) is 4.90 Å². The van der Waals surface area contributed by atoms with Crippen LogP contribution in [0.25, 0.3) is 0 Å². The van der Waals surface area contributed by atoms with Gasteiger partial charge >= 0.3 is 5.97 Å². The van der Waals surface area contributed by atoms with E-state index in [0.29, 0.717) is 17.9 Å². The first kappa shape index (κ1) is 13.7. The minimum absolute atomic E-state index is 0.231. The number of para-hydroxylation sites is 1. The Hall–Kier alpha value is -1.75. The number of nitrogens with zero attached hydrogens (tertiary/aromatic N) is 1. The minimum Gasteiger partial charge on any atom is -0.478 e. The Morgan fingerprint density at radius 1 is 1.53 bits per heavy atom. The number of nitrogens with one attached hydrogen (secondary N) is 1. The third kappa shape index (κ3) is 3.38. The summed E-state index contributed by atoms with van der Waals surface area (Å²) in [5, 5.41) is 12.3. The van der Waals surface area contributed by atoms with E-state index < -0.39 is 5.97 Å². The fourth-order valence-electron chi connectivity index (χ4n) is 2.31. The molecule has 2 rings (SSSR count). The first-order valence-electron chi connectivity index (χ1n) is 6.73. The Balaban J connectivity index is 1.96. The van der Waals surface area contributed by atoms with Crippen LogP contribution in [0.3, 0.4) is 0 Å². The predicted molar refractivity (Wildman–Crippen MR) is 76.6 cm³/mol. The Labute approximate surface area is 113 Å². The zero-order valence-corrected chi connectivity index (χ0v) is 11.2. The van der Waals surface area contributed by atoms with Gasteiger partial charge in [-0.25, -0.2) is 4.79 Å². The first-order valence-corrected chi connectivity index (χ1v) is 6.73. The highest BCUT2D eigenvalue weighted by molar-refractivity contribution is 5.97. The molecule has 4 N–H and O–H groups in total. The van der Waals surface area contributed by atoms with Crippen molar-refractivity contribution >= 4 is 17.3 Å². The van der Waals surface area contributed by atoms with Crippen LogP contribution in [0.5, 0.6) is 0 Å². The fraction of sp³-hybridized carbons (Fsp3) is 0.500. The van der Waals surface area contributed by atoms with Crippen LogP contribution < -0.4 is 11.1 Å². The number of hydrogen-bond donors (Lipinski definition) is 3. The van der Waals surface area contributed by atoms with E-state index in [0.717, 1.165) is 19.1 Å². The van der Waals surface area contributed by atoms with Gasteiger partial charge in [0.25, 0.3) is 0 Å². The quantitative estimate of drug-likeness (QED) is 0.654. The van der Waals surface area contributed by atoms with Gasteiger partial charge in [-0.2, -0.15) is 0 Å². The molecule has 1 aliphatic carbocycles. The summed E-state index contributed by atoms with van der Waals surface area (Å²) >= 11 is 0. The molecule has 0 saturated heterocycles. The summed E-state index contributed by atoms with van der Waals surface area (Å²) in [6.45, 7) is 4.80. The van der Waals surface area contributed by atoms with E-state index in [1.807, 2.05) is 0 Å². The number of benzene rings is 1. The highest BCUT2D eigenvalue weighted by Gasteiger charge is 2.27. The molecular weight excluding hydrogens is 242 g/mol. The second-order valence-electron chi connectivity index (χ2n) is 4.86. The smallest absolute Gasteiger partial charge is 0.337 e. The summed E-state index contributed by atoms with van der Waals surface area (Å²) in [7, 11) is 0. The van der Waals surface area contributed by atoms with Gasteiger partial charge in [0.1, 0.15) is 0 Å². The summed E-state index contributed by atoms with van der Waals surface area (Å²) in [6, 6.07) is 5.66. The Kier molecular flexibility index (Phi) is 4.27. The minimum atomic E-state index is -0.954. The van der Waals surface area contributed by atoms with Gasteiger partial charge in [0.2, 0.25) is 0 Å². The molecule has 0 amide bonds. The molecule has 1 fully saturated rings. The van der Waals surface area contributed by atoms with Crippen LogP contribution in [0.2, 0.25) is 0 Å². The number of anilines is 2. The molecule has 0 aromatic heterocycles. The number of hydrogen-bond acceptors (Lipinski definition) is 4. The average Bonchev–Trinajstić information content (AvgIpc) is 3.20. The number of likely N-dealkylation sites (N-methyl/N-ethyl adjacent to an activating group) is 1. The highest BCUT2D eigenvalue weighted by atomic mass is 16.4. The van der Waals surface area contributed by atoms with Crippen molar-refractivity contribution < 1.29 is 9.90 Å². The van der Waals surface area contributed by atoms with E-state index >= 15 is 0 Å². The molecule has 0 bridgehead atoms. The number of carboxylic acid groups (broad SMARTS) is 1. The Morgan fingerprint density at radius 3 is 2.84 bits per heavy atom. The Morgan fingerprint density at radius 2 is 2.26 bits per heavy atom. The van der Waals surface area contributed by atoms with Gasteiger partial charge < -0.3 is 16.2 Å². The van der Waals surface area contributed by atoms with Crippen molar-refractivity contribution in [2.24, 2.45) is 0 Å². The summed E-state index contributed by atoms with van der Waals surface area (Å²) < 4.78 is 0. The normalized spacial score (nSPS) is 14.6. The van der Waals surface area contributed by atoms with Crippen molar-refractivity contribution in [3.8, 4) is 0 Å². The van der Waals surface area contributed by atoms with Crippen LogP contribution in [-0.4, -0.2) is 41.7 Å². The molecular formula is C14H21N3O2. The van der Waals surface area contributed by atoms with Crippen molar-refractivity contribution in [3.63, 3.8) is 0 Å². The van der Waals surface area contributed by atoms with Crippen molar-refractivity contribution in [2.45, 2.75) is 25.8 Å². The number of nitrogen functional groups attached to an aromatic ring is 1. The molecule has 0 heterocycles. The van der Waals surface area contributed by atoms with Gasteiger partial charge in [0.15, 0.2) is 0 Å². The van der Waals surface area contributed by atoms with Gasteiger partial charge in [-0.05, 0) is 31.5 Å². The zero-order valence-electron chi connectivity index (χ0n) is 11.2. The topological polar surface area (TPSA) is 78.6 Å². The maximum absolute atomic E-state index is 11.1. The molecule has 0 aliphatic heterocycles. The molecule has 0 spiro atoms. The number of carbonyl (C=O) groups is 1. The summed E-state index contributed by atoms with van der Waals surface area (Å²) in [5.41, 5.74) is 7.08. The summed E-state index contributed by atoms with van der Waals surface area (Å²) in [4.78, 5) is 13.5. The number of aromatic carboxylic acids is 1. The molecule has 0 atom stereocenters. The van der Waals surface area contributed by atoms with Crippen molar-refractivity contribution in [2.75, 3.05) is 30.7 Å². The van der Waals surface area contributed by atoms with Crippen LogP contribution in [0, 0.1) is 0 Å². The van der Waals surface area contributed by atoms with Crippen molar-refractivity contribution in [3.05, 3.63) is 23.8 Å². The maximum Gasteiger partial charge on any atom is 0.337 e. The lowest BCUT2D eigenvalue weighted by Crippen LogP contribution is -2.31. The van der Waals surface area contributed by atoms with E-state index in [-0.39, 0.29) is 5.56 Å². The fourth-order valence-corrected chi connectivity index (χ4v) is 2.31. The van der Waals surface area contributed by atoms with E-state index in [1.165, 1.54) is 12.8 Å². The van der Waals surface area contributed by atoms with Crippen LogP contribution in [-0.2, 0) is 0 Å². The van der Waals surface area contributed by atoms with Crippen LogP contribution >= 0.6 is 0 Å². The van der Waals surface area contributed by atoms with Crippen LogP contribution in [0.15, 0.2) is 18.2 Å². The number of nitrogens with two attached hydrogens (primary N) is 1. The molecule has 19 heavy (non-hydrogen) atoms. The van der Waals surface area contributed by atoms with Gasteiger partial charge in [0.05, 0.1) is 16.9 Å². The number of carboxylic acids is 1. The third-order valence-corrected chi connectivity index (χ3v) is 3.50. The lowest BCUT2D eigenvalue weighted by molar-refractivity contribution is 0.0698. The van der Waals surface area contributed by atoms with Crippen LogP contribution in [0.1, 0.15) is 30.1 Å². The molecule has 104 valence electrons. The third-order valence-electron chi connectivity index (χ3n) is 3.50. The largest absolute Gasteiger partial charge is 0.478 e. The van der Waals surface area contributed by atoms with E-state index in [9.17, 15) is 4.79 Å². The lowest BCUT2D eigenvalue weighted by atomic mass is 10.1. The van der Waals surface area contributed by atoms with Gasteiger partial charge in [-0.15, -0.1) is 0 Å². The Bertz CT molecular complexity index is 458. The second kappa shape index (κ2) is 5.93.